The molecule has 4 heteroatoms. The Morgan fingerprint density at radius 3 is 2.36 bits per heavy atom. The summed E-state index contributed by atoms with van der Waals surface area (Å²) in [7, 11) is 0. The summed E-state index contributed by atoms with van der Waals surface area (Å²) in [4.78, 5) is 13.7. The highest BCUT2D eigenvalue weighted by Gasteiger charge is 2.29. The van der Waals surface area contributed by atoms with Crippen LogP contribution in [0.25, 0.3) is 0 Å². The van der Waals surface area contributed by atoms with Gasteiger partial charge in [0, 0.05) is 31.2 Å². The predicted octanol–water partition coefficient (Wildman–Crippen LogP) is 3.73. The van der Waals surface area contributed by atoms with Crippen LogP contribution in [0.2, 0.25) is 0 Å². The number of rotatable bonds is 6. The number of hydrogen-bond acceptors (Lipinski definition) is 3. The Labute approximate surface area is 149 Å². The molecule has 0 saturated carbocycles. The predicted molar refractivity (Wildman–Crippen MR) is 98.9 cm³/mol. The fourth-order valence-electron chi connectivity index (χ4n) is 3.04. The van der Waals surface area contributed by atoms with Gasteiger partial charge in [0.15, 0.2) is 0 Å². The molecule has 1 aliphatic heterocycles. The Morgan fingerprint density at radius 1 is 1.12 bits per heavy atom. The topological polar surface area (TPSA) is 49.8 Å². The Morgan fingerprint density at radius 2 is 1.80 bits per heavy atom. The quantitative estimate of drug-likeness (QED) is 0.872. The first-order valence-corrected chi connectivity index (χ1v) is 8.79. The van der Waals surface area contributed by atoms with Gasteiger partial charge in [-0.05, 0) is 41.3 Å². The summed E-state index contributed by atoms with van der Waals surface area (Å²) in [6.07, 6.45) is 0.418. The lowest BCUT2D eigenvalue weighted by atomic mass is 10.0. The van der Waals surface area contributed by atoms with Gasteiger partial charge in [-0.1, -0.05) is 38.1 Å². The molecule has 0 bridgehead atoms. The lowest BCUT2D eigenvalue weighted by Crippen LogP contribution is -2.24. The van der Waals surface area contributed by atoms with Crippen LogP contribution in [-0.4, -0.2) is 24.2 Å². The molecule has 1 N–H and O–H groups in total. The molecule has 132 valence electrons. The maximum Gasteiger partial charge on any atom is 0.227 e. The Hall–Kier alpha value is -2.33. The zero-order valence-electron chi connectivity index (χ0n) is 14.8. The van der Waals surface area contributed by atoms with E-state index in [0.29, 0.717) is 25.5 Å². The second-order valence-corrected chi connectivity index (χ2v) is 6.94. The number of anilines is 1. The average Bonchev–Trinajstić information content (AvgIpc) is 3.01. The van der Waals surface area contributed by atoms with Crippen LogP contribution < -0.4 is 9.64 Å². The summed E-state index contributed by atoms with van der Waals surface area (Å²) < 4.78 is 5.84. The number of aliphatic hydroxyl groups excluding tert-OH is 1. The van der Waals surface area contributed by atoms with Crippen molar-refractivity contribution >= 4 is 11.6 Å². The summed E-state index contributed by atoms with van der Waals surface area (Å²) in [5, 5.41) is 9.22. The van der Waals surface area contributed by atoms with Crippen LogP contribution in [0.1, 0.15) is 37.3 Å². The van der Waals surface area contributed by atoms with Crippen molar-refractivity contribution in [3.8, 4) is 5.75 Å². The van der Waals surface area contributed by atoms with Gasteiger partial charge in [0.25, 0.3) is 0 Å². The molecule has 1 heterocycles. The van der Waals surface area contributed by atoms with Gasteiger partial charge < -0.3 is 14.7 Å². The molecule has 0 spiro atoms. The third-order valence-electron chi connectivity index (χ3n) is 4.66. The number of amides is 1. The molecule has 1 atom stereocenters. The highest BCUT2D eigenvalue weighted by Crippen LogP contribution is 2.27. The zero-order chi connectivity index (χ0) is 17.8. The van der Waals surface area contributed by atoms with E-state index in [1.807, 2.05) is 24.3 Å². The van der Waals surface area contributed by atoms with Crippen molar-refractivity contribution in [2.75, 3.05) is 18.1 Å². The van der Waals surface area contributed by atoms with E-state index in [-0.39, 0.29) is 18.4 Å². The smallest absolute Gasteiger partial charge is 0.227 e. The van der Waals surface area contributed by atoms with Gasteiger partial charge in [0.05, 0.1) is 0 Å². The van der Waals surface area contributed by atoms with Crippen molar-refractivity contribution in [3.05, 3.63) is 59.7 Å². The highest BCUT2D eigenvalue weighted by atomic mass is 16.5. The maximum atomic E-state index is 12.0. The SMILES string of the molecule is CC(C)c1ccc(COc2ccc(N3CC(CO)CC3=O)cc2)cc1. The van der Waals surface area contributed by atoms with Crippen LogP contribution in [0.3, 0.4) is 0 Å². The molecular formula is C21H25NO3. The molecule has 25 heavy (non-hydrogen) atoms. The van der Waals surface area contributed by atoms with Crippen molar-refractivity contribution < 1.29 is 14.6 Å². The third-order valence-corrected chi connectivity index (χ3v) is 4.66. The van der Waals surface area contributed by atoms with Crippen molar-refractivity contribution in [2.45, 2.75) is 32.8 Å². The molecule has 3 rings (SSSR count). The molecule has 2 aromatic rings. The standard InChI is InChI=1S/C21H25NO3/c1-15(2)18-5-3-16(4-6-18)14-25-20-9-7-19(8-10-20)22-12-17(13-23)11-21(22)24/h3-10,15,17,23H,11-14H2,1-2H3. The summed E-state index contributed by atoms with van der Waals surface area (Å²) in [5.74, 6) is 1.42. The van der Waals surface area contributed by atoms with Gasteiger partial charge in [-0.15, -0.1) is 0 Å². The first-order valence-electron chi connectivity index (χ1n) is 8.79. The molecule has 1 amide bonds. The monoisotopic (exact) mass is 339 g/mol. The van der Waals surface area contributed by atoms with E-state index in [1.165, 1.54) is 5.56 Å². The Balaban J connectivity index is 1.58. The van der Waals surface area contributed by atoms with Gasteiger partial charge in [-0.3, -0.25) is 4.79 Å². The number of aliphatic hydroxyl groups is 1. The number of carbonyl (C=O) groups excluding carboxylic acids is 1. The molecule has 4 nitrogen and oxygen atoms in total. The number of hydrogen-bond donors (Lipinski definition) is 1. The molecule has 1 fully saturated rings. The largest absolute Gasteiger partial charge is 0.489 e. The Kier molecular flexibility index (Phi) is 5.39. The first kappa shape index (κ1) is 17.5. The molecule has 2 aromatic carbocycles. The highest BCUT2D eigenvalue weighted by molar-refractivity contribution is 5.95. The van der Waals surface area contributed by atoms with Crippen LogP contribution >= 0.6 is 0 Å². The van der Waals surface area contributed by atoms with Crippen LogP contribution in [0.4, 0.5) is 5.69 Å². The van der Waals surface area contributed by atoms with Gasteiger partial charge in [0.1, 0.15) is 12.4 Å². The molecule has 1 unspecified atom stereocenters. The first-order chi connectivity index (χ1) is 12.1. The van der Waals surface area contributed by atoms with E-state index in [2.05, 4.69) is 38.1 Å². The van der Waals surface area contributed by atoms with Crippen molar-refractivity contribution in [1.29, 1.82) is 0 Å². The fourth-order valence-corrected chi connectivity index (χ4v) is 3.04. The number of benzene rings is 2. The molecule has 0 radical (unpaired) electrons. The summed E-state index contributed by atoms with van der Waals surface area (Å²) >= 11 is 0. The molecule has 0 aliphatic carbocycles. The van der Waals surface area contributed by atoms with E-state index < -0.39 is 0 Å². The number of carbonyl (C=O) groups is 1. The van der Waals surface area contributed by atoms with E-state index >= 15 is 0 Å². The Bertz CT molecular complexity index is 707. The molecule has 1 aliphatic rings. The minimum Gasteiger partial charge on any atom is -0.489 e. The second kappa shape index (κ2) is 7.70. The summed E-state index contributed by atoms with van der Waals surface area (Å²) in [6.45, 7) is 5.52. The van der Waals surface area contributed by atoms with Crippen molar-refractivity contribution in [3.63, 3.8) is 0 Å². The molecule has 1 saturated heterocycles. The van der Waals surface area contributed by atoms with E-state index in [1.54, 1.807) is 4.90 Å². The van der Waals surface area contributed by atoms with E-state index in [9.17, 15) is 9.90 Å². The summed E-state index contributed by atoms with van der Waals surface area (Å²) in [6, 6.07) is 16.0. The van der Waals surface area contributed by atoms with Crippen LogP contribution in [-0.2, 0) is 11.4 Å². The third kappa shape index (κ3) is 4.20. The average molecular weight is 339 g/mol. The minimum atomic E-state index is 0.0391. The number of ether oxygens (including phenoxy) is 1. The normalized spacial score (nSPS) is 17.4. The fraction of sp³-hybridized carbons (Fsp3) is 0.381. The van der Waals surface area contributed by atoms with Crippen molar-refractivity contribution in [2.24, 2.45) is 5.92 Å². The van der Waals surface area contributed by atoms with Crippen molar-refractivity contribution in [1.82, 2.24) is 0 Å². The number of nitrogens with zero attached hydrogens (tertiary/aromatic N) is 1. The van der Waals surface area contributed by atoms with E-state index in [0.717, 1.165) is 17.0 Å². The minimum absolute atomic E-state index is 0.0391. The van der Waals surface area contributed by atoms with Crippen LogP contribution in [0.15, 0.2) is 48.5 Å². The van der Waals surface area contributed by atoms with E-state index in [4.69, 9.17) is 4.74 Å². The van der Waals surface area contributed by atoms with Gasteiger partial charge in [-0.25, -0.2) is 0 Å². The van der Waals surface area contributed by atoms with Gasteiger partial charge >= 0.3 is 0 Å². The van der Waals surface area contributed by atoms with Gasteiger partial charge in [-0.2, -0.15) is 0 Å². The van der Waals surface area contributed by atoms with Crippen LogP contribution in [0, 0.1) is 5.92 Å². The summed E-state index contributed by atoms with van der Waals surface area (Å²) in [5.41, 5.74) is 3.31. The lowest BCUT2D eigenvalue weighted by molar-refractivity contribution is -0.117. The molecule has 0 aromatic heterocycles. The zero-order valence-corrected chi connectivity index (χ0v) is 14.8. The van der Waals surface area contributed by atoms with Crippen LogP contribution in [0.5, 0.6) is 5.75 Å². The lowest BCUT2D eigenvalue weighted by Gasteiger charge is -2.17. The van der Waals surface area contributed by atoms with Gasteiger partial charge in [0.2, 0.25) is 5.91 Å². The molecular weight excluding hydrogens is 314 g/mol. The maximum absolute atomic E-state index is 12.0. The second-order valence-electron chi connectivity index (χ2n) is 6.94.